The second-order valence-electron chi connectivity index (χ2n) is 3.30. The molecule has 0 saturated carbocycles. The van der Waals surface area contributed by atoms with Gasteiger partial charge in [-0.05, 0) is 0 Å². The van der Waals surface area contributed by atoms with Crippen LogP contribution in [0.15, 0.2) is 10.9 Å². The Hall–Kier alpha value is -2.56. The number of nitrogens with zero attached hydrogens (tertiary/aromatic N) is 2. The maximum absolute atomic E-state index is 11.3. The van der Waals surface area contributed by atoms with E-state index in [0.717, 1.165) is 0 Å². The number of rotatable bonds is 6. The highest BCUT2D eigenvalue weighted by atomic mass is 16.5. The lowest BCUT2D eigenvalue weighted by molar-refractivity contribution is -0.139. The lowest BCUT2D eigenvalue weighted by atomic mass is 10.2. The standard InChI is InChI=1S/C10H12N4O4/c1-2-3-7(9(15)16)13-10(17)11-5-4-8-12-6-18-14-8/h1,6-7H,3-5H2,(H,15,16)(H2,11,13,17). The summed E-state index contributed by atoms with van der Waals surface area (Å²) in [5, 5.41) is 17.0. The molecule has 1 unspecified atom stereocenters. The van der Waals surface area contributed by atoms with Gasteiger partial charge in [-0.1, -0.05) is 5.16 Å². The first-order chi connectivity index (χ1) is 8.63. The smallest absolute Gasteiger partial charge is 0.327 e. The lowest BCUT2D eigenvalue weighted by Crippen LogP contribution is -2.46. The van der Waals surface area contributed by atoms with Crippen molar-refractivity contribution in [2.24, 2.45) is 0 Å². The van der Waals surface area contributed by atoms with Crippen molar-refractivity contribution in [3.63, 3.8) is 0 Å². The van der Waals surface area contributed by atoms with Gasteiger partial charge in [-0.2, -0.15) is 4.98 Å². The van der Waals surface area contributed by atoms with Gasteiger partial charge < -0.3 is 20.3 Å². The monoisotopic (exact) mass is 252 g/mol. The van der Waals surface area contributed by atoms with Crippen molar-refractivity contribution in [1.29, 1.82) is 0 Å². The fourth-order valence-corrected chi connectivity index (χ4v) is 1.12. The van der Waals surface area contributed by atoms with Crippen LogP contribution in [-0.2, 0) is 11.2 Å². The normalized spacial score (nSPS) is 11.3. The molecule has 0 spiro atoms. The van der Waals surface area contributed by atoms with Crippen LogP contribution in [0.4, 0.5) is 4.79 Å². The zero-order chi connectivity index (χ0) is 13.4. The topological polar surface area (TPSA) is 117 Å². The van der Waals surface area contributed by atoms with Crippen molar-refractivity contribution in [2.75, 3.05) is 6.54 Å². The highest BCUT2D eigenvalue weighted by Crippen LogP contribution is 1.91. The summed E-state index contributed by atoms with van der Waals surface area (Å²) in [4.78, 5) is 25.8. The molecule has 96 valence electrons. The molecule has 1 atom stereocenters. The second-order valence-corrected chi connectivity index (χ2v) is 3.30. The predicted molar refractivity (Wildman–Crippen MR) is 59.4 cm³/mol. The quantitative estimate of drug-likeness (QED) is 0.581. The Morgan fingerprint density at radius 3 is 2.94 bits per heavy atom. The van der Waals surface area contributed by atoms with Gasteiger partial charge in [-0.25, -0.2) is 9.59 Å². The molecule has 8 nitrogen and oxygen atoms in total. The molecule has 0 aliphatic carbocycles. The van der Waals surface area contributed by atoms with E-state index in [1.165, 1.54) is 6.39 Å². The van der Waals surface area contributed by atoms with Gasteiger partial charge in [0, 0.05) is 19.4 Å². The van der Waals surface area contributed by atoms with E-state index < -0.39 is 18.0 Å². The third-order valence-electron chi connectivity index (χ3n) is 1.97. The Morgan fingerprint density at radius 1 is 1.61 bits per heavy atom. The predicted octanol–water partition coefficient (Wildman–Crippen LogP) is -0.612. The van der Waals surface area contributed by atoms with Crippen LogP contribution in [0.1, 0.15) is 12.2 Å². The molecule has 0 aliphatic rings. The number of amides is 2. The number of carboxylic acids is 1. The number of aromatic nitrogens is 2. The van der Waals surface area contributed by atoms with E-state index in [-0.39, 0.29) is 13.0 Å². The minimum Gasteiger partial charge on any atom is -0.480 e. The Balaban J connectivity index is 2.28. The molecule has 18 heavy (non-hydrogen) atoms. The fraction of sp³-hybridized carbons (Fsp3) is 0.400. The molecule has 0 aliphatic heterocycles. The third kappa shape index (κ3) is 4.52. The van der Waals surface area contributed by atoms with E-state index in [1.807, 2.05) is 0 Å². The Kier molecular flexibility index (Phi) is 5.18. The van der Waals surface area contributed by atoms with E-state index in [4.69, 9.17) is 11.5 Å². The highest BCUT2D eigenvalue weighted by molar-refractivity contribution is 5.82. The zero-order valence-electron chi connectivity index (χ0n) is 9.42. The molecule has 8 heteroatoms. The molecular weight excluding hydrogens is 240 g/mol. The van der Waals surface area contributed by atoms with E-state index in [1.54, 1.807) is 0 Å². The average molecular weight is 252 g/mol. The van der Waals surface area contributed by atoms with Gasteiger partial charge in [0.1, 0.15) is 6.04 Å². The zero-order valence-corrected chi connectivity index (χ0v) is 9.42. The number of hydrogen-bond donors (Lipinski definition) is 3. The number of urea groups is 1. The van der Waals surface area contributed by atoms with Crippen LogP contribution in [0.2, 0.25) is 0 Å². The molecule has 1 aromatic heterocycles. The Bertz CT molecular complexity index is 437. The Labute approximate surface area is 103 Å². The largest absolute Gasteiger partial charge is 0.480 e. The van der Waals surface area contributed by atoms with Crippen molar-refractivity contribution in [1.82, 2.24) is 20.8 Å². The van der Waals surface area contributed by atoms with Crippen LogP contribution < -0.4 is 10.6 Å². The summed E-state index contributed by atoms with van der Waals surface area (Å²) in [6.07, 6.45) is 6.49. The maximum Gasteiger partial charge on any atom is 0.327 e. The average Bonchev–Trinajstić information content (AvgIpc) is 2.81. The van der Waals surface area contributed by atoms with Crippen LogP contribution in [0.25, 0.3) is 0 Å². The van der Waals surface area contributed by atoms with Gasteiger partial charge in [0.05, 0.1) is 0 Å². The number of nitrogens with one attached hydrogen (secondary N) is 2. The van der Waals surface area contributed by atoms with Crippen LogP contribution in [0, 0.1) is 12.3 Å². The van der Waals surface area contributed by atoms with Gasteiger partial charge in [0.15, 0.2) is 5.82 Å². The number of carboxylic acid groups (broad SMARTS) is 1. The number of hydrogen-bond acceptors (Lipinski definition) is 5. The van der Waals surface area contributed by atoms with Crippen LogP contribution in [0.3, 0.4) is 0 Å². The lowest BCUT2D eigenvalue weighted by Gasteiger charge is -2.12. The molecular formula is C10H12N4O4. The first-order valence-corrected chi connectivity index (χ1v) is 5.09. The number of carbonyl (C=O) groups excluding carboxylic acids is 1. The van der Waals surface area contributed by atoms with E-state index in [0.29, 0.717) is 12.2 Å². The van der Waals surface area contributed by atoms with Crippen LogP contribution in [-0.4, -0.2) is 39.8 Å². The number of terminal acetylenes is 1. The summed E-state index contributed by atoms with van der Waals surface area (Å²) in [5.41, 5.74) is 0. The molecule has 3 N–H and O–H groups in total. The van der Waals surface area contributed by atoms with Gasteiger partial charge in [-0.3, -0.25) is 0 Å². The van der Waals surface area contributed by atoms with Crippen molar-refractivity contribution in [3.8, 4) is 12.3 Å². The van der Waals surface area contributed by atoms with Crippen LogP contribution >= 0.6 is 0 Å². The third-order valence-corrected chi connectivity index (χ3v) is 1.97. The van der Waals surface area contributed by atoms with Crippen molar-refractivity contribution >= 4 is 12.0 Å². The molecule has 0 saturated heterocycles. The molecule has 1 rings (SSSR count). The summed E-state index contributed by atoms with van der Waals surface area (Å²) in [5.74, 6) is 1.45. The van der Waals surface area contributed by atoms with Crippen molar-refractivity contribution < 1.29 is 19.2 Å². The summed E-state index contributed by atoms with van der Waals surface area (Å²) < 4.78 is 4.51. The van der Waals surface area contributed by atoms with E-state index >= 15 is 0 Å². The van der Waals surface area contributed by atoms with Crippen LogP contribution in [0.5, 0.6) is 0 Å². The molecule has 2 amide bonds. The van der Waals surface area contributed by atoms with E-state index in [2.05, 4.69) is 31.2 Å². The minimum atomic E-state index is -1.18. The summed E-state index contributed by atoms with van der Waals surface area (Å²) in [7, 11) is 0. The highest BCUT2D eigenvalue weighted by Gasteiger charge is 2.18. The fourth-order valence-electron chi connectivity index (χ4n) is 1.12. The summed E-state index contributed by atoms with van der Waals surface area (Å²) >= 11 is 0. The van der Waals surface area contributed by atoms with E-state index in [9.17, 15) is 9.59 Å². The second kappa shape index (κ2) is 6.90. The SMILES string of the molecule is C#CCC(NC(=O)NCCc1ncon1)C(=O)O. The molecule has 1 heterocycles. The van der Waals surface area contributed by atoms with Gasteiger partial charge in [-0.15, -0.1) is 12.3 Å². The van der Waals surface area contributed by atoms with Gasteiger partial charge in [0.2, 0.25) is 6.39 Å². The van der Waals surface area contributed by atoms with Crippen molar-refractivity contribution in [3.05, 3.63) is 12.2 Å². The first kappa shape index (κ1) is 13.5. The first-order valence-electron chi connectivity index (χ1n) is 5.09. The molecule has 1 aromatic rings. The minimum absolute atomic E-state index is 0.0758. The maximum atomic E-state index is 11.3. The summed E-state index contributed by atoms with van der Waals surface area (Å²) in [6, 6.07) is -1.71. The molecule has 0 bridgehead atoms. The number of aliphatic carboxylic acids is 1. The van der Waals surface area contributed by atoms with Crippen molar-refractivity contribution in [2.45, 2.75) is 18.9 Å². The number of carbonyl (C=O) groups is 2. The van der Waals surface area contributed by atoms with Gasteiger partial charge >= 0.3 is 12.0 Å². The Morgan fingerprint density at radius 2 is 2.39 bits per heavy atom. The summed E-state index contributed by atoms with van der Waals surface area (Å²) in [6.45, 7) is 0.258. The molecule has 0 radical (unpaired) electrons. The van der Waals surface area contributed by atoms with Gasteiger partial charge in [0.25, 0.3) is 0 Å². The molecule has 0 fully saturated rings. The molecule has 0 aromatic carbocycles.